The Labute approximate surface area is 73.4 Å². The van der Waals surface area contributed by atoms with Crippen molar-refractivity contribution in [3.8, 4) is 0 Å². The maximum atomic E-state index is 5.50. The maximum Gasteiger partial charge on any atom is 0.0719 e. The standard InChI is InChI=1S/C11H14O/c1-2-9-7-12-8-10-5-3-4-6-11(9)10/h3-6,9H,2,7-8H2,1H3. The van der Waals surface area contributed by atoms with E-state index >= 15 is 0 Å². The molecule has 0 aliphatic carbocycles. The molecule has 1 atom stereocenters. The molecule has 12 heavy (non-hydrogen) atoms. The minimum atomic E-state index is 0.620. The lowest BCUT2D eigenvalue weighted by Crippen LogP contribution is -2.15. The van der Waals surface area contributed by atoms with Gasteiger partial charge in [-0.25, -0.2) is 0 Å². The molecule has 1 heterocycles. The van der Waals surface area contributed by atoms with Crippen molar-refractivity contribution in [3.05, 3.63) is 35.4 Å². The molecular weight excluding hydrogens is 148 g/mol. The van der Waals surface area contributed by atoms with Gasteiger partial charge in [0, 0.05) is 5.92 Å². The average molecular weight is 162 g/mol. The largest absolute Gasteiger partial charge is 0.376 e. The molecule has 1 aromatic rings. The van der Waals surface area contributed by atoms with Gasteiger partial charge in [0.15, 0.2) is 0 Å². The summed E-state index contributed by atoms with van der Waals surface area (Å²) >= 11 is 0. The van der Waals surface area contributed by atoms with E-state index in [1.165, 1.54) is 17.5 Å². The minimum absolute atomic E-state index is 0.620. The first-order valence-corrected chi connectivity index (χ1v) is 4.57. The van der Waals surface area contributed by atoms with Crippen molar-refractivity contribution in [2.75, 3.05) is 6.61 Å². The molecule has 0 saturated carbocycles. The van der Waals surface area contributed by atoms with Gasteiger partial charge in [0.1, 0.15) is 0 Å². The van der Waals surface area contributed by atoms with Gasteiger partial charge in [-0.2, -0.15) is 0 Å². The van der Waals surface area contributed by atoms with Crippen LogP contribution in [0.1, 0.15) is 30.4 Å². The van der Waals surface area contributed by atoms with Crippen molar-refractivity contribution in [3.63, 3.8) is 0 Å². The molecule has 1 aliphatic rings. The molecule has 1 unspecified atom stereocenters. The van der Waals surface area contributed by atoms with Crippen LogP contribution in [0.15, 0.2) is 24.3 Å². The van der Waals surface area contributed by atoms with Gasteiger partial charge in [-0.05, 0) is 17.5 Å². The van der Waals surface area contributed by atoms with Crippen molar-refractivity contribution < 1.29 is 4.74 Å². The summed E-state index contributed by atoms with van der Waals surface area (Å²) in [5.41, 5.74) is 2.86. The number of fused-ring (bicyclic) bond motifs is 1. The number of hydrogen-bond donors (Lipinski definition) is 0. The lowest BCUT2D eigenvalue weighted by molar-refractivity contribution is 0.0900. The predicted octanol–water partition coefficient (Wildman–Crippen LogP) is 2.71. The molecule has 1 aromatic carbocycles. The van der Waals surface area contributed by atoms with Gasteiger partial charge < -0.3 is 4.74 Å². The van der Waals surface area contributed by atoms with E-state index in [1.54, 1.807) is 0 Å². The second-order valence-electron chi connectivity index (χ2n) is 3.32. The molecule has 0 N–H and O–H groups in total. The van der Waals surface area contributed by atoms with Crippen molar-refractivity contribution in [1.29, 1.82) is 0 Å². The van der Waals surface area contributed by atoms with Gasteiger partial charge in [-0.3, -0.25) is 0 Å². The summed E-state index contributed by atoms with van der Waals surface area (Å²) in [6, 6.07) is 8.59. The van der Waals surface area contributed by atoms with Crippen molar-refractivity contribution in [2.24, 2.45) is 0 Å². The Bertz CT molecular complexity index is 267. The van der Waals surface area contributed by atoms with Gasteiger partial charge in [0.25, 0.3) is 0 Å². The topological polar surface area (TPSA) is 9.23 Å². The van der Waals surface area contributed by atoms with E-state index in [0.29, 0.717) is 5.92 Å². The van der Waals surface area contributed by atoms with Crippen molar-refractivity contribution >= 4 is 0 Å². The molecule has 64 valence electrons. The summed E-state index contributed by atoms with van der Waals surface area (Å²) in [6.45, 7) is 3.91. The number of benzene rings is 1. The van der Waals surface area contributed by atoms with Crippen LogP contribution in [0, 0.1) is 0 Å². The molecule has 1 nitrogen and oxygen atoms in total. The van der Waals surface area contributed by atoms with Crippen molar-refractivity contribution in [1.82, 2.24) is 0 Å². The molecule has 0 radical (unpaired) electrons. The van der Waals surface area contributed by atoms with Gasteiger partial charge in [0.2, 0.25) is 0 Å². The third-order valence-electron chi connectivity index (χ3n) is 2.56. The van der Waals surface area contributed by atoms with Crippen LogP contribution in [-0.4, -0.2) is 6.61 Å². The fourth-order valence-corrected chi connectivity index (χ4v) is 1.80. The van der Waals surface area contributed by atoms with Gasteiger partial charge in [-0.1, -0.05) is 31.2 Å². The molecule has 0 bridgehead atoms. The van der Waals surface area contributed by atoms with E-state index in [-0.39, 0.29) is 0 Å². The molecule has 0 saturated heterocycles. The second-order valence-corrected chi connectivity index (χ2v) is 3.32. The smallest absolute Gasteiger partial charge is 0.0719 e. The van der Waals surface area contributed by atoms with Crippen LogP contribution in [-0.2, 0) is 11.3 Å². The normalized spacial score (nSPS) is 21.9. The minimum Gasteiger partial charge on any atom is -0.376 e. The molecule has 0 fully saturated rings. The Balaban J connectivity index is 2.37. The fourth-order valence-electron chi connectivity index (χ4n) is 1.80. The number of ether oxygens (including phenoxy) is 1. The number of rotatable bonds is 1. The van der Waals surface area contributed by atoms with Gasteiger partial charge in [0.05, 0.1) is 13.2 Å². The third kappa shape index (κ3) is 1.25. The van der Waals surface area contributed by atoms with Crippen LogP contribution < -0.4 is 0 Å². The Morgan fingerprint density at radius 2 is 2.25 bits per heavy atom. The van der Waals surface area contributed by atoms with Gasteiger partial charge in [-0.15, -0.1) is 0 Å². The Morgan fingerprint density at radius 3 is 3.08 bits per heavy atom. The molecule has 0 aromatic heterocycles. The zero-order valence-electron chi connectivity index (χ0n) is 7.42. The highest BCUT2D eigenvalue weighted by atomic mass is 16.5. The van der Waals surface area contributed by atoms with Crippen LogP contribution in [0.5, 0.6) is 0 Å². The Kier molecular flexibility index (Phi) is 2.13. The van der Waals surface area contributed by atoms with E-state index < -0.39 is 0 Å². The van der Waals surface area contributed by atoms with E-state index in [1.807, 2.05) is 0 Å². The van der Waals surface area contributed by atoms with E-state index in [9.17, 15) is 0 Å². The summed E-state index contributed by atoms with van der Waals surface area (Å²) in [4.78, 5) is 0. The number of hydrogen-bond acceptors (Lipinski definition) is 1. The van der Waals surface area contributed by atoms with Gasteiger partial charge >= 0.3 is 0 Å². The summed E-state index contributed by atoms with van der Waals surface area (Å²) in [5.74, 6) is 0.620. The fraction of sp³-hybridized carbons (Fsp3) is 0.455. The summed E-state index contributed by atoms with van der Waals surface area (Å²) in [7, 11) is 0. The van der Waals surface area contributed by atoms with Crippen molar-refractivity contribution in [2.45, 2.75) is 25.9 Å². The zero-order valence-corrected chi connectivity index (χ0v) is 7.42. The molecule has 0 spiro atoms. The lowest BCUT2D eigenvalue weighted by Gasteiger charge is -2.24. The Morgan fingerprint density at radius 1 is 1.42 bits per heavy atom. The first-order chi connectivity index (χ1) is 5.92. The van der Waals surface area contributed by atoms with Crippen LogP contribution in [0.4, 0.5) is 0 Å². The monoisotopic (exact) mass is 162 g/mol. The summed E-state index contributed by atoms with van der Waals surface area (Å²) < 4.78 is 5.50. The highest BCUT2D eigenvalue weighted by molar-refractivity contribution is 5.31. The van der Waals surface area contributed by atoms with Crippen LogP contribution in [0.25, 0.3) is 0 Å². The summed E-state index contributed by atoms with van der Waals surface area (Å²) in [6.07, 6.45) is 1.18. The highest BCUT2D eigenvalue weighted by Crippen LogP contribution is 2.28. The zero-order chi connectivity index (χ0) is 8.39. The van der Waals surface area contributed by atoms with E-state index in [2.05, 4.69) is 31.2 Å². The van der Waals surface area contributed by atoms with E-state index in [0.717, 1.165) is 13.2 Å². The quantitative estimate of drug-likeness (QED) is 0.617. The second kappa shape index (κ2) is 3.28. The average Bonchev–Trinajstić information content (AvgIpc) is 2.17. The molecular formula is C11H14O. The van der Waals surface area contributed by atoms with Crippen LogP contribution in [0.2, 0.25) is 0 Å². The summed E-state index contributed by atoms with van der Waals surface area (Å²) in [5, 5.41) is 0. The van der Waals surface area contributed by atoms with Crippen LogP contribution in [0.3, 0.4) is 0 Å². The molecule has 0 amide bonds. The maximum absolute atomic E-state index is 5.50. The molecule has 2 rings (SSSR count). The molecule has 1 aliphatic heterocycles. The van der Waals surface area contributed by atoms with Crippen LogP contribution >= 0.6 is 0 Å². The Hall–Kier alpha value is -0.820. The SMILES string of the molecule is CCC1COCc2ccccc21. The first-order valence-electron chi connectivity index (χ1n) is 4.57. The predicted molar refractivity (Wildman–Crippen MR) is 49.1 cm³/mol. The first kappa shape index (κ1) is 7.81. The third-order valence-corrected chi connectivity index (χ3v) is 2.56. The molecule has 1 heteroatoms. The highest BCUT2D eigenvalue weighted by Gasteiger charge is 2.17. The lowest BCUT2D eigenvalue weighted by atomic mass is 9.91. The van der Waals surface area contributed by atoms with E-state index in [4.69, 9.17) is 4.74 Å².